The number of carbonyl (C=O) groups excluding carboxylic acids is 1. The molecular formula is C12H14BrN5O3. The second-order valence-electron chi connectivity index (χ2n) is 4.95. The summed E-state index contributed by atoms with van der Waals surface area (Å²) in [4.78, 5) is 31.1. The summed E-state index contributed by atoms with van der Waals surface area (Å²) in [5, 5.41) is 15.5. The first-order valence-electron chi connectivity index (χ1n) is 6.28. The second-order valence-corrected chi connectivity index (χ2v) is 5.86. The first-order valence-corrected chi connectivity index (χ1v) is 7.07. The van der Waals surface area contributed by atoms with Crippen LogP contribution in [0, 0.1) is 5.92 Å². The minimum absolute atomic E-state index is 0.115. The number of nitrogens with zero attached hydrogens (tertiary/aromatic N) is 4. The van der Waals surface area contributed by atoms with Gasteiger partial charge in [-0.15, -0.1) is 5.10 Å². The van der Waals surface area contributed by atoms with Gasteiger partial charge in [0, 0.05) is 12.4 Å². The topological polar surface area (TPSA) is 109 Å². The average Bonchev–Trinajstić information content (AvgIpc) is 2.80. The number of hydrogen-bond acceptors (Lipinski definition) is 5. The van der Waals surface area contributed by atoms with Crippen LogP contribution in [0.5, 0.6) is 0 Å². The van der Waals surface area contributed by atoms with Crippen LogP contribution in [0.4, 0.5) is 0 Å². The lowest BCUT2D eigenvalue weighted by atomic mass is 10.0. The number of carbonyl (C=O) groups is 2. The number of fused-ring (bicyclic) bond motifs is 1. The normalized spacial score (nSPS) is 12.6. The fourth-order valence-corrected chi connectivity index (χ4v) is 2.07. The van der Waals surface area contributed by atoms with Gasteiger partial charge in [0.2, 0.25) is 5.82 Å². The maximum atomic E-state index is 12.0. The minimum Gasteiger partial charge on any atom is -0.480 e. The summed E-state index contributed by atoms with van der Waals surface area (Å²) < 4.78 is 2.03. The van der Waals surface area contributed by atoms with Gasteiger partial charge in [0.05, 0.1) is 4.47 Å². The highest BCUT2D eigenvalue weighted by Gasteiger charge is 2.24. The largest absolute Gasteiger partial charge is 0.480 e. The number of carboxylic acid groups (broad SMARTS) is 1. The molecule has 112 valence electrons. The molecule has 8 nitrogen and oxygen atoms in total. The van der Waals surface area contributed by atoms with Gasteiger partial charge in [-0.1, -0.05) is 13.8 Å². The molecule has 0 fully saturated rings. The van der Waals surface area contributed by atoms with E-state index in [2.05, 4.69) is 36.3 Å². The lowest BCUT2D eigenvalue weighted by Gasteiger charge is -2.15. The van der Waals surface area contributed by atoms with Gasteiger partial charge < -0.3 is 10.4 Å². The van der Waals surface area contributed by atoms with Gasteiger partial charge in [0.25, 0.3) is 11.7 Å². The molecule has 9 heteroatoms. The standard InChI is InChI=1S/C12H14BrN5O3/c1-6(2)3-8(11(20)21)15-10(19)9-16-12-14-4-7(13)5-18(12)17-9/h4-6,8H,3H2,1-2H3,(H,15,19)(H,20,21)/t8-/m1/s1. The second kappa shape index (κ2) is 6.17. The monoisotopic (exact) mass is 355 g/mol. The summed E-state index contributed by atoms with van der Waals surface area (Å²) in [6.45, 7) is 3.76. The van der Waals surface area contributed by atoms with Crippen molar-refractivity contribution in [1.82, 2.24) is 24.9 Å². The molecular weight excluding hydrogens is 342 g/mol. The summed E-state index contributed by atoms with van der Waals surface area (Å²) in [7, 11) is 0. The highest BCUT2D eigenvalue weighted by atomic mass is 79.9. The van der Waals surface area contributed by atoms with Gasteiger partial charge in [-0.25, -0.2) is 14.3 Å². The van der Waals surface area contributed by atoms with Gasteiger partial charge in [-0.05, 0) is 28.3 Å². The molecule has 0 radical (unpaired) electrons. The fraction of sp³-hybridized carbons (Fsp3) is 0.417. The van der Waals surface area contributed by atoms with Crippen LogP contribution in [0.2, 0.25) is 0 Å². The Balaban J connectivity index is 2.19. The third-order valence-electron chi connectivity index (χ3n) is 2.68. The predicted octanol–water partition coefficient (Wildman–Crippen LogP) is 1.12. The Morgan fingerprint density at radius 2 is 2.19 bits per heavy atom. The van der Waals surface area contributed by atoms with E-state index in [1.165, 1.54) is 10.7 Å². The Hall–Kier alpha value is -2.03. The van der Waals surface area contributed by atoms with Crippen molar-refractivity contribution in [2.45, 2.75) is 26.3 Å². The van der Waals surface area contributed by atoms with Gasteiger partial charge >= 0.3 is 5.97 Å². The van der Waals surface area contributed by atoms with Gasteiger partial charge in [0.15, 0.2) is 0 Å². The molecule has 2 N–H and O–H groups in total. The Morgan fingerprint density at radius 1 is 1.48 bits per heavy atom. The zero-order valence-corrected chi connectivity index (χ0v) is 13.0. The first kappa shape index (κ1) is 15.4. The molecule has 0 spiro atoms. The number of aromatic nitrogens is 4. The molecule has 21 heavy (non-hydrogen) atoms. The van der Waals surface area contributed by atoms with Crippen LogP contribution in [0.3, 0.4) is 0 Å². The molecule has 0 bridgehead atoms. The minimum atomic E-state index is -1.08. The van der Waals surface area contributed by atoms with Crippen molar-refractivity contribution < 1.29 is 14.7 Å². The molecule has 1 atom stereocenters. The molecule has 0 unspecified atom stereocenters. The zero-order valence-electron chi connectivity index (χ0n) is 11.4. The first-order chi connectivity index (χ1) is 9.86. The SMILES string of the molecule is CC(C)C[C@@H](NC(=O)c1nc2ncc(Br)cn2n1)C(=O)O. The van der Waals surface area contributed by atoms with Crippen molar-refractivity contribution in [3.05, 3.63) is 22.7 Å². The predicted molar refractivity (Wildman–Crippen MR) is 76.8 cm³/mol. The Labute approximate surface area is 128 Å². The summed E-state index contributed by atoms with van der Waals surface area (Å²) in [6.07, 6.45) is 3.47. The highest BCUT2D eigenvalue weighted by molar-refractivity contribution is 9.10. The fourth-order valence-electron chi connectivity index (χ4n) is 1.77. The lowest BCUT2D eigenvalue weighted by Crippen LogP contribution is -2.42. The van der Waals surface area contributed by atoms with E-state index in [1.807, 2.05) is 13.8 Å². The molecule has 0 aromatic carbocycles. The van der Waals surface area contributed by atoms with E-state index in [1.54, 1.807) is 6.20 Å². The van der Waals surface area contributed by atoms with E-state index in [4.69, 9.17) is 5.11 Å². The number of halogens is 1. The Morgan fingerprint density at radius 3 is 2.81 bits per heavy atom. The molecule has 0 saturated heterocycles. The number of aliphatic carboxylic acids is 1. The van der Waals surface area contributed by atoms with Crippen molar-refractivity contribution >= 4 is 33.6 Å². The van der Waals surface area contributed by atoms with Crippen molar-refractivity contribution in [3.63, 3.8) is 0 Å². The molecule has 2 aromatic rings. The lowest BCUT2D eigenvalue weighted by molar-refractivity contribution is -0.139. The number of hydrogen-bond donors (Lipinski definition) is 2. The van der Waals surface area contributed by atoms with Gasteiger partial charge in [-0.3, -0.25) is 4.79 Å². The smallest absolute Gasteiger partial charge is 0.326 e. The summed E-state index contributed by atoms with van der Waals surface area (Å²) >= 11 is 3.24. The van der Waals surface area contributed by atoms with E-state index >= 15 is 0 Å². The van der Waals surface area contributed by atoms with Crippen molar-refractivity contribution in [1.29, 1.82) is 0 Å². The number of amides is 1. The molecule has 2 aromatic heterocycles. The van der Waals surface area contributed by atoms with Gasteiger partial charge in [0.1, 0.15) is 6.04 Å². The quantitative estimate of drug-likeness (QED) is 0.831. The van der Waals surface area contributed by atoms with Crippen LogP contribution < -0.4 is 5.32 Å². The maximum absolute atomic E-state index is 12.0. The number of nitrogens with one attached hydrogen (secondary N) is 1. The van der Waals surface area contributed by atoms with E-state index in [0.29, 0.717) is 10.9 Å². The van der Waals surface area contributed by atoms with Gasteiger partial charge in [-0.2, -0.15) is 4.98 Å². The van der Waals surface area contributed by atoms with E-state index in [9.17, 15) is 9.59 Å². The third kappa shape index (κ3) is 3.75. The highest BCUT2D eigenvalue weighted by Crippen LogP contribution is 2.09. The zero-order chi connectivity index (χ0) is 15.6. The summed E-state index contributed by atoms with van der Waals surface area (Å²) in [6, 6.07) is -0.969. The summed E-state index contributed by atoms with van der Waals surface area (Å²) in [5.41, 5.74) is 0. The molecule has 0 aliphatic rings. The van der Waals surface area contributed by atoms with Crippen LogP contribution in [-0.2, 0) is 4.79 Å². The summed E-state index contributed by atoms with van der Waals surface area (Å²) in [5.74, 6) is -1.43. The van der Waals surface area contributed by atoms with Crippen molar-refractivity contribution in [2.24, 2.45) is 5.92 Å². The average molecular weight is 356 g/mol. The Kier molecular flexibility index (Phi) is 4.51. The number of rotatable bonds is 5. The molecule has 0 aliphatic heterocycles. The van der Waals surface area contributed by atoms with Crippen LogP contribution in [0.1, 0.15) is 30.9 Å². The van der Waals surface area contributed by atoms with Crippen molar-refractivity contribution in [3.8, 4) is 0 Å². The molecule has 2 rings (SSSR count). The van der Waals surface area contributed by atoms with Crippen molar-refractivity contribution in [2.75, 3.05) is 0 Å². The molecule has 1 amide bonds. The molecule has 2 heterocycles. The van der Waals surface area contributed by atoms with E-state index in [-0.39, 0.29) is 17.5 Å². The van der Waals surface area contributed by atoms with Crippen LogP contribution >= 0.6 is 15.9 Å². The van der Waals surface area contributed by atoms with Crippen LogP contribution in [0.25, 0.3) is 5.78 Å². The van der Waals surface area contributed by atoms with Crippen LogP contribution in [-0.4, -0.2) is 42.6 Å². The van der Waals surface area contributed by atoms with E-state index in [0.717, 1.165) is 0 Å². The molecule has 0 saturated carbocycles. The van der Waals surface area contributed by atoms with E-state index < -0.39 is 17.9 Å². The van der Waals surface area contributed by atoms with Crippen LogP contribution in [0.15, 0.2) is 16.9 Å². The number of carboxylic acids is 1. The Bertz CT molecular complexity index is 685. The third-order valence-corrected chi connectivity index (χ3v) is 3.09. The molecule has 0 aliphatic carbocycles. The maximum Gasteiger partial charge on any atom is 0.326 e.